The third kappa shape index (κ3) is 4.67. The number of piperazine rings is 1. The number of aromatic nitrogens is 1. The highest BCUT2D eigenvalue weighted by molar-refractivity contribution is 7.13. The van der Waals surface area contributed by atoms with Crippen molar-refractivity contribution in [3.63, 3.8) is 0 Å². The minimum atomic E-state index is -0.201. The predicted molar refractivity (Wildman–Crippen MR) is 94.3 cm³/mol. The largest absolute Gasteiger partial charge is 0.340 e. The molecule has 1 aromatic rings. The van der Waals surface area contributed by atoms with Crippen molar-refractivity contribution in [1.29, 1.82) is 0 Å². The lowest BCUT2D eigenvalue weighted by Crippen LogP contribution is -2.47. The molecular formula is C16H25N5O2S. The van der Waals surface area contributed by atoms with Crippen LogP contribution in [0.25, 0.3) is 0 Å². The van der Waals surface area contributed by atoms with Gasteiger partial charge in [0, 0.05) is 37.6 Å². The molecule has 8 heteroatoms. The number of likely N-dealkylation sites (N-methyl/N-ethyl adjacent to an activating group) is 1. The van der Waals surface area contributed by atoms with Crippen molar-refractivity contribution in [2.45, 2.75) is 38.1 Å². The number of anilines is 1. The second kappa shape index (κ2) is 7.94. The second-order valence-electron chi connectivity index (χ2n) is 6.58. The smallest absolute Gasteiger partial charge is 0.321 e. The van der Waals surface area contributed by atoms with Gasteiger partial charge in [0.25, 0.3) is 0 Å². The van der Waals surface area contributed by atoms with Crippen LogP contribution in [0.3, 0.4) is 0 Å². The van der Waals surface area contributed by atoms with E-state index in [1.54, 1.807) is 0 Å². The van der Waals surface area contributed by atoms with Crippen molar-refractivity contribution in [3.8, 4) is 0 Å². The topological polar surface area (TPSA) is 77.6 Å². The minimum Gasteiger partial charge on any atom is -0.340 e. The summed E-state index contributed by atoms with van der Waals surface area (Å²) in [6.07, 6.45) is 4.76. The third-order valence-electron chi connectivity index (χ3n) is 4.65. The molecule has 0 spiro atoms. The zero-order valence-electron chi connectivity index (χ0n) is 14.1. The van der Waals surface area contributed by atoms with Crippen molar-refractivity contribution >= 4 is 28.4 Å². The van der Waals surface area contributed by atoms with Gasteiger partial charge in [-0.25, -0.2) is 9.78 Å². The molecule has 1 aliphatic heterocycles. The fourth-order valence-corrected chi connectivity index (χ4v) is 3.86. The van der Waals surface area contributed by atoms with E-state index in [1.807, 2.05) is 10.3 Å². The quantitative estimate of drug-likeness (QED) is 0.862. The zero-order chi connectivity index (χ0) is 16.9. The highest BCUT2D eigenvalue weighted by Gasteiger charge is 2.21. The first-order chi connectivity index (χ1) is 11.6. The molecule has 7 nitrogen and oxygen atoms in total. The van der Waals surface area contributed by atoms with E-state index in [-0.39, 0.29) is 18.0 Å². The van der Waals surface area contributed by atoms with Crippen molar-refractivity contribution in [2.75, 3.05) is 38.5 Å². The molecule has 2 N–H and O–H groups in total. The number of carbonyl (C=O) groups excluding carboxylic acids is 2. The van der Waals surface area contributed by atoms with E-state index in [0.717, 1.165) is 44.7 Å². The molecule has 0 aromatic carbocycles. The van der Waals surface area contributed by atoms with Crippen LogP contribution in [0.4, 0.5) is 9.93 Å². The van der Waals surface area contributed by atoms with Crippen LogP contribution >= 0.6 is 11.3 Å². The molecule has 1 saturated carbocycles. The molecule has 24 heavy (non-hydrogen) atoms. The Morgan fingerprint density at radius 3 is 2.67 bits per heavy atom. The summed E-state index contributed by atoms with van der Waals surface area (Å²) >= 11 is 1.36. The lowest BCUT2D eigenvalue weighted by Gasteiger charge is -2.32. The summed E-state index contributed by atoms with van der Waals surface area (Å²) in [6.45, 7) is 3.37. The van der Waals surface area contributed by atoms with Crippen molar-refractivity contribution < 1.29 is 9.59 Å². The lowest BCUT2D eigenvalue weighted by atomic mass is 10.2. The van der Waals surface area contributed by atoms with Crippen LogP contribution in [0.1, 0.15) is 31.4 Å². The standard InChI is InChI=1S/C16H25N5O2S/c1-20-6-8-21(9-7-20)14(22)10-13-11-24-16(18-13)19-15(23)17-12-4-2-3-5-12/h11-12H,2-10H2,1H3,(H2,17,18,19,23). The van der Waals surface area contributed by atoms with E-state index in [1.165, 1.54) is 24.2 Å². The van der Waals surface area contributed by atoms with E-state index in [0.29, 0.717) is 11.6 Å². The van der Waals surface area contributed by atoms with Crippen LogP contribution < -0.4 is 10.6 Å². The van der Waals surface area contributed by atoms with Gasteiger partial charge in [-0.2, -0.15) is 0 Å². The molecule has 0 radical (unpaired) electrons. The van der Waals surface area contributed by atoms with Crippen molar-refractivity contribution in [1.82, 2.24) is 20.1 Å². The molecule has 1 saturated heterocycles. The van der Waals surface area contributed by atoms with Crippen LogP contribution in [0.15, 0.2) is 5.38 Å². The Kier molecular flexibility index (Phi) is 5.68. The molecular weight excluding hydrogens is 326 g/mol. The summed E-state index contributed by atoms with van der Waals surface area (Å²) in [5, 5.41) is 8.14. The van der Waals surface area contributed by atoms with Gasteiger partial charge in [0.05, 0.1) is 12.1 Å². The fraction of sp³-hybridized carbons (Fsp3) is 0.688. The van der Waals surface area contributed by atoms with Gasteiger partial charge in [-0.1, -0.05) is 12.8 Å². The molecule has 3 rings (SSSR count). The summed E-state index contributed by atoms with van der Waals surface area (Å²) in [4.78, 5) is 32.7. The Morgan fingerprint density at radius 2 is 1.96 bits per heavy atom. The SMILES string of the molecule is CN1CCN(C(=O)Cc2csc(NC(=O)NC3CCCC3)n2)CC1. The first kappa shape index (κ1) is 17.2. The normalized spacial score (nSPS) is 19.5. The van der Waals surface area contributed by atoms with Gasteiger partial charge in [-0.05, 0) is 19.9 Å². The number of hydrogen-bond donors (Lipinski definition) is 2. The van der Waals surface area contributed by atoms with Gasteiger partial charge in [0.15, 0.2) is 5.13 Å². The van der Waals surface area contributed by atoms with E-state index in [4.69, 9.17) is 0 Å². The predicted octanol–water partition coefficient (Wildman–Crippen LogP) is 1.52. The molecule has 0 atom stereocenters. The molecule has 132 valence electrons. The molecule has 2 aliphatic rings. The third-order valence-corrected chi connectivity index (χ3v) is 5.46. The van der Waals surface area contributed by atoms with Crippen LogP contribution in [0.2, 0.25) is 0 Å². The number of thiazole rings is 1. The Labute approximate surface area is 146 Å². The van der Waals surface area contributed by atoms with E-state index >= 15 is 0 Å². The fourth-order valence-electron chi connectivity index (χ4n) is 3.16. The molecule has 1 aromatic heterocycles. The first-order valence-corrected chi connectivity index (χ1v) is 9.46. The summed E-state index contributed by atoms with van der Waals surface area (Å²) in [7, 11) is 2.07. The Morgan fingerprint density at radius 1 is 1.25 bits per heavy atom. The molecule has 1 aliphatic carbocycles. The van der Waals surface area contributed by atoms with Gasteiger partial charge in [0.1, 0.15) is 0 Å². The summed E-state index contributed by atoms with van der Waals surface area (Å²) in [5.74, 6) is 0.107. The molecule has 0 unspecified atom stereocenters. The average molecular weight is 351 g/mol. The zero-order valence-corrected chi connectivity index (χ0v) is 14.9. The van der Waals surface area contributed by atoms with Crippen LogP contribution in [-0.4, -0.2) is 66.0 Å². The van der Waals surface area contributed by atoms with Gasteiger partial charge in [-0.3, -0.25) is 10.1 Å². The maximum atomic E-state index is 12.3. The summed E-state index contributed by atoms with van der Waals surface area (Å²) < 4.78 is 0. The van der Waals surface area contributed by atoms with Crippen LogP contribution in [0, 0.1) is 0 Å². The number of nitrogens with zero attached hydrogens (tertiary/aromatic N) is 3. The van der Waals surface area contributed by atoms with E-state index in [2.05, 4.69) is 27.6 Å². The maximum absolute atomic E-state index is 12.3. The van der Waals surface area contributed by atoms with Crippen molar-refractivity contribution in [3.05, 3.63) is 11.1 Å². The highest BCUT2D eigenvalue weighted by atomic mass is 32.1. The number of rotatable bonds is 4. The second-order valence-corrected chi connectivity index (χ2v) is 7.44. The van der Waals surface area contributed by atoms with Crippen LogP contribution in [0.5, 0.6) is 0 Å². The summed E-state index contributed by atoms with van der Waals surface area (Å²) in [5.41, 5.74) is 0.722. The van der Waals surface area contributed by atoms with E-state index < -0.39 is 0 Å². The molecule has 2 fully saturated rings. The Balaban J connectivity index is 1.46. The molecule has 3 amide bonds. The number of urea groups is 1. The molecule has 0 bridgehead atoms. The monoisotopic (exact) mass is 351 g/mol. The van der Waals surface area contributed by atoms with Crippen molar-refractivity contribution in [2.24, 2.45) is 0 Å². The van der Waals surface area contributed by atoms with Gasteiger partial charge >= 0.3 is 6.03 Å². The summed E-state index contributed by atoms with van der Waals surface area (Å²) in [6, 6.07) is 0.0800. The Bertz CT molecular complexity index is 577. The number of amides is 3. The van der Waals surface area contributed by atoms with Gasteiger partial charge < -0.3 is 15.1 Å². The lowest BCUT2D eigenvalue weighted by molar-refractivity contribution is -0.132. The van der Waals surface area contributed by atoms with Gasteiger partial charge in [0.2, 0.25) is 5.91 Å². The number of nitrogens with one attached hydrogen (secondary N) is 2. The first-order valence-electron chi connectivity index (χ1n) is 8.58. The number of carbonyl (C=O) groups is 2. The minimum absolute atomic E-state index is 0.107. The van der Waals surface area contributed by atoms with Crippen LogP contribution in [-0.2, 0) is 11.2 Å². The molecule has 2 heterocycles. The highest BCUT2D eigenvalue weighted by Crippen LogP contribution is 2.19. The van der Waals surface area contributed by atoms with E-state index in [9.17, 15) is 9.59 Å². The average Bonchev–Trinajstić information content (AvgIpc) is 3.20. The maximum Gasteiger partial charge on any atom is 0.321 e. The number of hydrogen-bond acceptors (Lipinski definition) is 5. The van der Waals surface area contributed by atoms with Gasteiger partial charge in [-0.15, -0.1) is 11.3 Å². The Hall–Kier alpha value is -1.67.